The largest absolute Gasteiger partial charge is 0.394 e. The molecule has 0 bridgehead atoms. The van der Waals surface area contributed by atoms with Crippen molar-refractivity contribution in [2.45, 2.75) is 219 Å². The van der Waals surface area contributed by atoms with Gasteiger partial charge in [-0.15, -0.1) is 0 Å². The van der Waals surface area contributed by atoms with Crippen LogP contribution in [0.1, 0.15) is 206 Å². The lowest BCUT2D eigenvalue weighted by molar-refractivity contribution is -0.123. The van der Waals surface area contributed by atoms with Crippen LogP contribution in [0.4, 0.5) is 0 Å². The molecule has 0 aromatic heterocycles. The van der Waals surface area contributed by atoms with Crippen LogP contribution in [-0.4, -0.2) is 34.9 Å². The first kappa shape index (κ1) is 55.0. The van der Waals surface area contributed by atoms with E-state index in [1.54, 1.807) is 6.08 Å². The molecule has 0 aromatic carbocycles. The van der Waals surface area contributed by atoms with Crippen LogP contribution in [0, 0.1) is 0 Å². The Morgan fingerprint density at radius 1 is 0.431 bits per heavy atom. The van der Waals surface area contributed by atoms with Gasteiger partial charge in [-0.1, -0.05) is 226 Å². The van der Waals surface area contributed by atoms with E-state index in [1.165, 1.54) is 96.3 Å². The van der Waals surface area contributed by atoms with Crippen molar-refractivity contribution < 1.29 is 15.0 Å². The minimum Gasteiger partial charge on any atom is -0.394 e. The fraction of sp³-hybridized carbons (Fsp3) is 0.648. The topological polar surface area (TPSA) is 69.6 Å². The average Bonchev–Trinajstić information content (AvgIpc) is 3.23. The molecule has 0 heterocycles. The number of aliphatic hydroxyl groups excluding tert-OH is 2. The molecule has 58 heavy (non-hydrogen) atoms. The third-order valence-electron chi connectivity index (χ3n) is 10.3. The van der Waals surface area contributed by atoms with Gasteiger partial charge in [0.25, 0.3) is 0 Å². The molecule has 4 nitrogen and oxygen atoms in total. The van der Waals surface area contributed by atoms with E-state index in [1.807, 2.05) is 6.08 Å². The van der Waals surface area contributed by atoms with E-state index in [2.05, 4.69) is 116 Å². The summed E-state index contributed by atoms with van der Waals surface area (Å²) in [6.45, 7) is 4.18. The molecule has 0 fully saturated rings. The highest BCUT2D eigenvalue weighted by Crippen LogP contribution is 2.14. The number of hydrogen-bond acceptors (Lipinski definition) is 3. The number of hydrogen-bond donors (Lipinski definition) is 3. The molecule has 0 saturated heterocycles. The lowest BCUT2D eigenvalue weighted by Gasteiger charge is -2.20. The molecule has 0 aliphatic carbocycles. The minimum absolute atomic E-state index is 0.0838. The standard InChI is InChI=1S/C54H91NO3/c1-3-5-7-9-11-13-15-17-19-20-21-22-23-24-25-26-27-28-29-30-31-32-33-34-36-38-40-42-44-46-48-50-54(58)55-52(51-56)53(57)49-47-45-43-41-39-37-35-18-16-14-12-10-8-6-4-2/h5,7,11,13,17,19,21-22,24-25,27-28,30-31,33-34,47,49,52-53,56-57H,3-4,6,8-10,12,14-16,18,20,23,26,29,32,35-46,48,50-51H2,1-2H3,(H,55,58)/b7-5-,13-11-,19-17-,22-21-,25-24-,28-27-,31-30-,34-33-,49-47+. The third kappa shape index (κ3) is 44.2. The molecule has 1 amide bonds. The molecule has 0 rings (SSSR count). The summed E-state index contributed by atoms with van der Waals surface area (Å²) in [6.07, 6.45) is 73.4. The number of rotatable bonds is 42. The summed E-state index contributed by atoms with van der Waals surface area (Å²) in [6, 6.07) is -0.637. The molecule has 3 N–H and O–H groups in total. The highest BCUT2D eigenvalue weighted by Gasteiger charge is 2.17. The molecule has 0 saturated carbocycles. The van der Waals surface area contributed by atoms with E-state index in [4.69, 9.17) is 0 Å². The van der Waals surface area contributed by atoms with Crippen molar-refractivity contribution >= 4 is 5.91 Å². The van der Waals surface area contributed by atoms with E-state index in [0.29, 0.717) is 6.42 Å². The van der Waals surface area contributed by atoms with Crippen LogP contribution >= 0.6 is 0 Å². The molecule has 4 heteroatoms. The SMILES string of the molecule is CC/C=C\C/C=C\C/C=C\C/C=C\C/C=C\C/C=C\C/C=C\C/C=C\CCCCCCCCC(=O)NC(CO)C(O)/C=C/CCCCCCCCCCCCCCC. The van der Waals surface area contributed by atoms with Crippen LogP contribution in [0.15, 0.2) is 109 Å². The maximum atomic E-state index is 12.4. The average molecular weight is 802 g/mol. The molecular weight excluding hydrogens is 711 g/mol. The van der Waals surface area contributed by atoms with Gasteiger partial charge in [-0.2, -0.15) is 0 Å². The van der Waals surface area contributed by atoms with Crippen molar-refractivity contribution in [3.63, 3.8) is 0 Å². The van der Waals surface area contributed by atoms with Crippen molar-refractivity contribution in [3.05, 3.63) is 109 Å². The zero-order valence-electron chi connectivity index (χ0n) is 37.8. The fourth-order valence-electron chi connectivity index (χ4n) is 6.60. The van der Waals surface area contributed by atoms with Crippen molar-refractivity contribution in [1.29, 1.82) is 0 Å². The van der Waals surface area contributed by atoms with Crippen LogP contribution in [0.2, 0.25) is 0 Å². The maximum Gasteiger partial charge on any atom is 0.220 e. The number of carbonyl (C=O) groups is 1. The van der Waals surface area contributed by atoms with E-state index in [0.717, 1.165) is 89.9 Å². The second-order valence-electron chi connectivity index (χ2n) is 15.8. The third-order valence-corrected chi connectivity index (χ3v) is 10.3. The van der Waals surface area contributed by atoms with Gasteiger partial charge in [0, 0.05) is 6.42 Å². The van der Waals surface area contributed by atoms with Gasteiger partial charge in [-0.3, -0.25) is 4.79 Å². The number of nitrogens with one attached hydrogen (secondary N) is 1. The van der Waals surface area contributed by atoms with Crippen LogP contribution < -0.4 is 5.32 Å². The zero-order valence-corrected chi connectivity index (χ0v) is 37.8. The summed E-state index contributed by atoms with van der Waals surface area (Å²) >= 11 is 0. The Labute approximate surface area is 359 Å². The summed E-state index contributed by atoms with van der Waals surface area (Å²) in [4.78, 5) is 12.4. The highest BCUT2D eigenvalue weighted by atomic mass is 16.3. The van der Waals surface area contributed by atoms with Gasteiger partial charge in [0.05, 0.1) is 18.8 Å². The summed E-state index contributed by atoms with van der Waals surface area (Å²) in [5.74, 6) is -0.0838. The van der Waals surface area contributed by atoms with Gasteiger partial charge in [0.1, 0.15) is 0 Å². The van der Waals surface area contributed by atoms with Crippen LogP contribution in [-0.2, 0) is 4.79 Å². The summed E-state index contributed by atoms with van der Waals surface area (Å²) in [7, 11) is 0. The highest BCUT2D eigenvalue weighted by molar-refractivity contribution is 5.76. The zero-order chi connectivity index (χ0) is 42.1. The Morgan fingerprint density at radius 2 is 0.759 bits per heavy atom. The first-order valence-corrected chi connectivity index (χ1v) is 24.1. The first-order valence-electron chi connectivity index (χ1n) is 24.1. The maximum absolute atomic E-state index is 12.4. The second-order valence-corrected chi connectivity index (χ2v) is 15.8. The van der Waals surface area contributed by atoms with Crippen molar-refractivity contribution in [2.75, 3.05) is 6.61 Å². The van der Waals surface area contributed by atoms with Crippen molar-refractivity contribution in [2.24, 2.45) is 0 Å². The number of unbranched alkanes of at least 4 members (excludes halogenated alkanes) is 19. The lowest BCUT2D eigenvalue weighted by Crippen LogP contribution is -2.45. The van der Waals surface area contributed by atoms with E-state index < -0.39 is 12.1 Å². The molecule has 0 aliphatic heterocycles. The Hall–Kier alpha value is -2.95. The fourth-order valence-corrected chi connectivity index (χ4v) is 6.60. The van der Waals surface area contributed by atoms with Crippen molar-refractivity contribution in [1.82, 2.24) is 5.32 Å². The van der Waals surface area contributed by atoms with Crippen LogP contribution in [0.5, 0.6) is 0 Å². The van der Waals surface area contributed by atoms with Gasteiger partial charge in [0.15, 0.2) is 0 Å². The molecule has 0 aromatic rings. The quantitative estimate of drug-likeness (QED) is 0.0425. The number of carbonyl (C=O) groups excluding carboxylic acids is 1. The lowest BCUT2D eigenvalue weighted by atomic mass is 10.0. The van der Waals surface area contributed by atoms with Crippen LogP contribution in [0.3, 0.4) is 0 Å². The van der Waals surface area contributed by atoms with Gasteiger partial charge in [-0.25, -0.2) is 0 Å². The van der Waals surface area contributed by atoms with E-state index in [-0.39, 0.29) is 12.5 Å². The Morgan fingerprint density at radius 3 is 1.14 bits per heavy atom. The first-order chi connectivity index (χ1) is 28.7. The summed E-state index contributed by atoms with van der Waals surface area (Å²) in [5.41, 5.74) is 0. The Bertz CT molecular complexity index is 1140. The van der Waals surface area contributed by atoms with Crippen molar-refractivity contribution in [3.8, 4) is 0 Å². The molecule has 0 radical (unpaired) electrons. The normalized spacial score (nSPS) is 13.9. The number of allylic oxidation sites excluding steroid dienone is 17. The number of amides is 1. The molecule has 0 aliphatic rings. The summed E-state index contributed by atoms with van der Waals surface area (Å²) in [5, 5.41) is 23.0. The van der Waals surface area contributed by atoms with Gasteiger partial charge in [-0.05, 0) is 83.5 Å². The molecule has 0 spiro atoms. The molecular formula is C54H91NO3. The molecule has 2 atom stereocenters. The van der Waals surface area contributed by atoms with Gasteiger partial charge in [0.2, 0.25) is 5.91 Å². The molecule has 330 valence electrons. The van der Waals surface area contributed by atoms with Crippen LogP contribution in [0.25, 0.3) is 0 Å². The number of aliphatic hydroxyl groups is 2. The van der Waals surface area contributed by atoms with Gasteiger partial charge >= 0.3 is 0 Å². The smallest absolute Gasteiger partial charge is 0.220 e. The van der Waals surface area contributed by atoms with Gasteiger partial charge < -0.3 is 15.5 Å². The predicted molar refractivity (Wildman–Crippen MR) is 257 cm³/mol. The monoisotopic (exact) mass is 802 g/mol. The predicted octanol–water partition coefficient (Wildman–Crippen LogP) is 15.6. The minimum atomic E-state index is -0.852. The Kier molecular flexibility index (Phi) is 46.0. The molecule has 2 unspecified atom stereocenters. The summed E-state index contributed by atoms with van der Waals surface area (Å²) < 4.78 is 0. The second kappa shape index (κ2) is 48.4. The van der Waals surface area contributed by atoms with E-state index >= 15 is 0 Å². The van der Waals surface area contributed by atoms with E-state index in [9.17, 15) is 15.0 Å². The Balaban J connectivity index is 3.67.